The summed E-state index contributed by atoms with van der Waals surface area (Å²) < 4.78 is 24.1. The Morgan fingerprint density at radius 2 is 0.857 bits per heavy atom. The van der Waals surface area contributed by atoms with Crippen molar-refractivity contribution < 1.29 is 29.2 Å². The van der Waals surface area contributed by atoms with E-state index in [4.69, 9.17) is 18.9 Å². The molecule has 0 radical (unpaired) electrons. The molecular weight excluding hydrogens is 701 g/mol. The fourth-order valence-electron chi connectivity index (χ4n) is 9.62. The summed E-state index contributed by atoms with van der Waals surface area (Å²) >= 11 is 0. The van der Waals surface area contributed by atoms with E-state index in [9.17, 15) is 10.2 Å². The van der Waals surface area contributed by atoms with E-state index in [1.54, 1.807) is 28.4 Å². The van der Waals surface area contributed by atoms with Crippen LogP contribution in [0.2, 0.25) is 0 Å². The first-order chi connectivity index (χ1) is 26.8. The molecule has 8 heteroatoms. The van der Waals surface area contributed by atoms with Gasteiger partial charge in [-0.2, -0.15) is 0 Å². The Labute approximate surface area is 329 Å². The van der Waals surface area contributed by atoms with Crippen molar-refractivity contribution in [2.75, 3.05) is 28.4 Å². The van der Waals surface area contributed by atoms with Gasteiger partial charge in [0.05, 0.1) is 39.2 Å². The van der Waals surface area contributed by atoms with Crippen LogP contribution in [0.15, 0.2) is 60.7 Å². The van der Waals surface area contributed by atoms with Crippen molar-refractivity contribution in [3.8, 4) is 67.9 Å². The maximum atomic E-state index is 12.5. The van der Waals surface area contributed by atoms with E-state index in [2.05, 4.69) is 74.7 Å². The largest absolute Gasteiger partial charge is 0.507 e. The summed E-state index contributed by atoms with van der Waals surface area (Å²) in [6.45, 7) is 12.8. The molecule has 0 spiro atoms. The lowest BCUT2D eigenvalue weighted by Crippen LogP contribution is -2.36. The quantitative estimate of drug-likeness (QED) is 0.128. The summed E-state index contributed by atoms with van der Waals surface area (Å²) in [5.74, 6) is 2.73. The predicted molar refractivity (Wildman–Crippen MR) is 226 cm³/mol. The molecule has 0 aliphatic carbocycles. The number of fused-ring (bicyclic) bond motifs is 4. The highest BCUT2D eigenvalue weighted by molar-refractivity contribution is 6.12. The Hall–Kier alpha value is -5.44. The van der Waals surface area contributed by atoms with E-state index < -0.39 is 0 Å². The summed E-state index contributed by atoms with van der Waals surface area (Å²) in [7, 11) is 6.68. The molecule has 4 N–H and O–H groups in total. The molecule has 0 amide bonds. The van der Waals surface area contributed by atoms with Gasteiger partial charge >= 0.3 is 0 Å². The molecule has 0 aromatic heterocycles. The molecule has 0 bridgehead atoms. The average molecular weight is 753 g/mol. The summed E-state index contributed by atoms with van der Waals surface area (Å²) in [5, 5.41) is 35.1. The van der Waals surface area contributed by atoms with Gasteiger partial charge in [0.15, 0.2) is 0 Å². The number of rotatable bonds is 7. The number of methoxy groups -OCH3 is 4. The molecule has 56 heavy (non-hydrogen) atoms. The molecule has 4 atom stereocenters. The first-order valence-corrected chi connectivity index (χ1v) is 19.5. The number of aryl methyl sites for hydroxylation is 2. The van der Waals surface area contributed by atoms with Crippen molar-refractivity contribution in [3.63, 3.8) is 0 Å². The number of benzene rings is 6. The number of phenols is 2. The van der Waals surface area contributed by atoms with E-state index in [1.807, 2.05) is 38.1 Å². The normalized spacial score (nSPS) is 19.1. The van der Waals surface area contributed by atoms with Crippen molar-refractivity contribution in [2.45, 2.75) is 78.6 Å². The average Bonchev–Trinajstić information content (AvgIpc) is 3.16. The Bertz CT molecular complexity index is 2380. The van der Waals surface area contributed by atoms with Crippen LogP contribution in [-0.4, -0.2) is 50.7 Å². The fraction of sp³-hybridized carbons (Fsp3) is 0.333. The van der Waals surface area contributed by atoms with Crippen LogP contribution in [0.1, 0.15) is 73.2 Å². The van der Waals surface area contributed by atoms with Crippen LogP contribution >= 0.6 is 0 Å². The van der Waals surface area contributed by atoms with Gasteiger partial charge < -0.3 is 39.8 Å². The molecule has 0 fully saturated rings. The Morgan fingerprint density at radius 3 is 1.21 bits per heavy atom. The van der Waals surface area contributed by atoms with Gasteiger partial charge in [-0.1, -0.05) is 24.3 Å². The third-order valence-electron chi connectivity index (χ3n) is 11.9. The lowest BCUT2D eigenvalue weighted by molar-refractivity contribution is 0.382. The molecule has 0 unspecified atom stereocenters. The first-order valence-electron chi connectivity index (χ1n) is 19.5. The third-order valence-corrected chi connectivity index (χ3v) is 11.9. The van der Waals surface area contributed by atoms with Gasteiger partial charge in [0.1, 0.15) is 34.5 Å². The minimum absolute atomic E-state index is 0.0143. The fourth-order valence-corrected chi connectivity index (χ4v) is 9.62. The number of hydrogen-bond acceptors (Lipinski definition) is 8. The second-order valence-electron chi connectivity index (χ2n) is 15.9. The monoisotopic (exact) mass is 752 g/mol. The van der Waals surface area contributed by atoms with Crippen LogP contribution in [0.5, 0.6) is 34.5 Å². The van der Waals surface area contributed by atoms with Crippen LogP contribution in [0, 0.1) is 13.8 Å². The zero-order valence-electron chi connectivity index (χ0n) is 34.0. The lowest BCUT2D eigenvalue weighted by atomic mass is 9.83. The standard InChI is InChI=1S/C48H52N2O6/c1-23-11-35-33(29-17-31-15-25(3)49-27(5)43(31)41(19-29)55-9)21-37(47(51)45(35)39(13-23)53-7)38-22-34(36-12-24(2)14-40(54-8)46(36)48(38)52)30-18-32-16-26(4)50-28(6)44(32)42(20-30)56-10/h11-14,17-22,25-28,49-52H,15-16H2,1-10H3/t25-,26-,27-,28-/m1/s1. The maximum Gasteiger partial charge on any atom is 0.135 e. The van der Waals surface area contributed by atoms with Crippen molar-refractivity contribution in [1.29, 1.82) is 0 Å². The topological polar surface area (TPSA) is 101 Å². The van der Waals surface area contributed by atoms with Gasteiger partial charge in [-0.3, -0.25) is 0 Å². The highest BCUT2D eigenvalue weighted by atomic mass is 16.5. The second kappa shape index (κ2) is 14.3. The molecule has 290 valence electrons. The Kier molecular flexibility index (Phi) is 9.54. The molecular formula is C48H52N2O6. The van der Waals surface area contributed by atoms with Crippen molar-refractivity contribution in [1.82, 2.24) is 10.6 Å². The van der Waals surface area contributed by atoms with Gasteiger partial charge in [-0.25, -0.2) is 0 Å². The lowest BCUT2D eigenvalue weighted by Gasteiger charge is -2.31. The van der Waals surface area contributed by atoms with Gasteiger partial charge in [-0.05, 0) is 146 Å². The summed E-state index contributed by atoms with van der Waals surface area (Å²) in [6, 6.07) is 21.6. The third kappa shape index (κ3) is 6.07. The van der Waals surface area contributed by atoms with E-state index in [0.29, 0.717) is 45.5 Å². The molecule has 8 nitrogen and oxygen atoms in total. The van der Waals surface area contributed by atoms with Crippen LogP contribution < -0.4 is 29.6 Å². The predicted octanol–water partition coefficient (Wildman–Crippen LogP) is 10.2. The van der Waals surface area contributed by atoms with Crippen molar-refractivity contribution in [3.05, 3.63) is 94.0 Å². The van der Waals surface area contributed by atoms with E-state index in [1.165, 1.54) is 11.1 Å². The Morgan fingerprint density at radius 1 is 0.482 bits per heavy atom. The molecule has 0 saturated heterocycles. The molecule has 8 rings (SSSR count). The molecule has 2 aliphatic rings. The number of phenolic OH excluding ortho intramolecular Hbond substituents is 2. The van der Waals surface area contributed by atoms with E-state index in [0.717, 1.165) is 79.6 Å². The Balaban J connectivity index is 1.48. The highest BCUT2D eigenvalue weighted by Crippen LogP contribution is 2.53. The number of aromatic hydroxyl groups is 2. The van der Waals surface area contributed by atoms with E-state index >= 15 is 0 Å². The van der Waals surface area contributed by atoms with Crippen LogP contribution in [0.3, 0.4) is 0 Å². The molecule has 6 aromatic rings. The van der Waals surface area contributed by atoms with Crippen LogP contribution in [0.4, 0.5) is 0 Å². The van der Waals surface area contributed by atoms with Crippen LogP contribution in [0.25, 0.3) is 54.9 Å². The van der Waals surface area contributed by atoms with Crippen LogP contribution in [-0.2, 0) is 12.8 Å². The smallest absolute Gasteiger partial charge is 0.135 e. The van der Waals surface area contributed by atoms with Crippen molar-refractivity contribution >= 4 is 21.5 Å². The molecule has 0 saturated carbocycles. The zero-order chi connectivity index (χ0) is 39.7. The number of nitrogens with one attached hydrogen (secondary N) is 2. The van der Waals surface area contributed by atoms with Gasteiger partial charge in [0, 0.05) is 46.4 Å². The number of hydrogen-bond donors (Lipinski definition) is 4. The molecule has 2 aliphatic heterocycles. The van der Waals surface area contributed by atoms with Gasteiger partial charge in [-0.15, -0.1) is 0 Å². The first kappa shape index (κ1) is 37.5. The molecule has 6 aromatic carbocycles. The SMILES string of the molecule is COc1cc(-c2cc(-c3cc(-c4cc5c(c(OC)c4)[C@@H](C)N[C@H](C)C5)c4cc(C)cc(OC)c4c3O)c(O)c3c(OC)cc(C)cc23)cc2c1[C@@H](C)N[C@H](C)C2. The van der Waals surface area contributed by atoms with Crippen molar-refractivity contribution in [2.24, 2.45) is 0 Å². The summed E-state index contributed by atoms with van der Waals surface area (Å²) in [6.07, 6.45) is 1.70. The molecule has 2 heterocycles. The minimum Gasteiger partial charge on any atom is -0.507 e. The minimum atomic E-state index is 0.0143. The zero-order valence-corrected chi connectivity index (χ0v) is 34.0. The summed E-state index contributed by atoms with van der Waals surface area (Å²) in [5.41, 5.74) is 11.4. The van der Waals surface area contributed by atoms with Gasteiger partial charge in [0.25, 0.3) is 0 Å². The maximum absolute atomic E-state index is 12.5. The van der Waals surface area contributed by atoms with Gasteiger partial charge in [0.2, 0.25) is 0 Å². The van der Waals surface area contributed by atoms with E-state index in [-0.39, 0.29) is 23.6 Å². The summed E-state index contributed by atoms with van der Waals surface area (Å²) in [4.78, 5) is 0. The highest BCUT2D eigenvalue weighted by Gasteiger charge is 2.30. The number of ether oxygens (including phenoxy) is 4. The second-order valence-corrected chi connectivity index (χ2v) is 15.9.